The van der Waals surface area contributed by atoms with Crippen molar-refractivity contribution >= 4 is 38.4 Å². The summed E-state index contributed by atoms with van der Waals surface area (Å²) >= 11 is 0. The van der Waals surface area contributed by atoms with Gasteiger partial charge in [-0.25, -0.2) is 4.98 Å². The second-order valence-corrected chi connectivity index (χ2v) is 13.2. The minimum atomic E-state index is -3.82. The number of aromatic nitrogens is 2. The maximum absolute atomic E-state index is 13.2. The van der Waals surface area contributed by atoms with E-state index in [1.165, 1.54) is 4.31 Å². The molecule has 0 saturated heterocycles. The monoisotopic (exact) mass is 580 g/mol. The first-order valence-corrected chi connectivity index (χ1v) is 15.7. The quantitative estimate of drug-likeness (QED) is 0.316. The fourth-order valence-corrected chi connectivity index (χ4v) is 6.67. The van der Waals surface area contributed by atoms with Crippen LogP contribution in [0, 0.1) is 0 Å². The van der Waals surface area contributed by atoms with Gasteiger partial charge in [0.05, 0.1) is 29.4 Å². The fraction of sp³-hybridized carbons (Fsp3) is 0.500. The maximum atomic E-state index is 13.2. The van der Waals surface area contributed by atoms with Gasteiger partial charge >= 0.3 is 10.2 Å². The SMILES string of the molecule is CCCCN(C)S(=O)(=O)Nc1cc(-c2ccc3ncc4c(c3c2)C2(CCC2)C(=O)N4C)cnc1OCCCN(C)C. The van der Waals surface area contributed by atoms with E-state index in [0.717, 1.165) is 78.4 Å². The first-order chi connectivity index (χ1) is 19.6. The van der Waals surface area contributed by atoms with Crippen LogP contribution in [-0.4, -0.2) is 81.4 Å². The van der Waals surface area contributed by atoms with Gasteiger partial charge in [0.2, 0.25) is 11.8 Å². The summed E-state index contributed by atoms with van der Waals surface area (Å²) in [7, 11) is 3.56. The maximum Gasteiger partial charge on any atom is 0.301 e. The Balaban J connectivity index is 1.53. The van der Waals surface area contributed by atoms with E-state index in [9.17, 15) is 13.2 Å². The molecule has 2 aromatic heterocycles. The van der Waals surface area contributed by atoms with Crippen molar-refractivity contribution in [3.05, 3.63) is 42.2 Å². The number of likely N-dealkylation sites (N-methyl/N-ethyl adjacent to an activating group) is 1. The summed E-state index contributed by atoms with van der Waals surface area (Å²) in [6.07, 6.45) is 8.63. The number of nitrogens with zero attached hydrogens (tertiary/aromatic N) is 5. The van der Waals surface area contributed by atoms with E-state index in [4.69, 9.17) is 4.74 Å². The van der Waals surface area contributed by atoms with Gasteiger partial charge in [0.25, 0.3) is 0 Å². The van der Waals surface area contributed by atoms with Gasteiger partial charge in [-0.2, -0.15) is 12.7 Å². The number of hydrogen-bond donors (Lipinski definition) is 1. The third kappa shape index (κ3) is 5.50. The molecule has 3 heterocycles. The third-order valence-corrected chi connectivity index (χ3v) is 9.74. The molecular formula is C30H40N6O4S. The van der Waals surface area contributed by atoms with Crippen molar-refractivity contribution in [3.8, 4) is 17.0 Å². The number of benzene rings is 1. The molecule has 5 rings (SSSR count). The Labute approximate surface area is 242 Å². The lowest BCUT2D eigenvalue weighted by Gasteiger charge is -2.37. The lowest BCUT2D eigenvalue weighted by molar-refractivity contribution is -0.125. The van der Waals surface area contributed by atoms with E-state index in [-0.39, 0.29) is 17.5 Å². The highest BCUT2D eigenvalue weighted by molar-refractivity contribution is 7.90. The molecule has 41 heavy (non-hydrogen) atoms. The molecule has 1 spiro atoms. The first-order valence-electron chi connectivity index (χ1n) is 14.3. The summed E-state index contributed by atoms with van der Waals surface area (Å²) in [5.74, 6) is 0.378. The average Bonchev–Trinajstić information content (AvgIpc) is 3.16. The van der Waals surface area contributed by atoms with Gasteiger partial charge in [-0.15, -0.1) is 0 Å². The fourth-order valence-electron chi connectivity index (χ4n) is 5.72. The van der Waals surface area contributed by atoms with Crippen LogP contribution >= 0.6 is 0 Å². The van der Waals surface area contributed by atoms with Crippen LogP contribution in [0.5, 0.6) is 5.88 Å². The Kier molecular flexibility index (Phi) is 8.22. The molecule has 1 N–H and O–H groups in total. The molecule has 1 saturated carbocycles. The van der Waals surface area contributed by atoms with Gasteiger partial charge in [0, 0.05) is 49.9 Å². The number of pyridine rings is 2. The molecule has 10 nitrogen and oxygen atoms in total. The van der Waals surface area contributed by atoms with Crippen molar-refractivity contribution in [2.75, 3.05) is 57.5 Å². The van der Waals surface area contributed by atoms with E-state index in [2.05, 4.69) is 19.6 Å². The Morgan fingerprint density at radius 3 is 2.51 bits per heavy atom. The van der Waals surface area contributed by atoms with Crippen molar-refractivity contribution in [2.24, 2.45) is 0 Å². The van der Waals surface area contributed by atoms with E-state index < -0.39 is 15.6 Å². The molecule has 0 atom stereocenters. The normalized spacial score (nSPS) is 16.1. The van der Waals surface area contributed by atoms with E-state index in [0.29, 0.717) is 13.2 Å². The van der Waals surface area contributed by atoms with Crippen LogP contribution in [0.1, 0.15) is 51.0 Å². The van der Waals surface area contributed by atoms with Gasteiger partial charge in [-0.3, -0.25) is 14.5 Å². The molecule has 1 aromatic carbocycles. The standard InChI is InChI=1S/C30H40N6O4S/c1-6-7-15-35(4)41(38,39)33-25-18-22(19-32-28(25)40-16-9-14-34(2)3)21-10-11-24-23(17-21)27-26(20-31-24)36(5)29(37)30(27)12-8-13-30/h10-11,17-20,33H,6-9,12-16H2,1-5H3. The smallest absolute Gasteiger partial charge is 0.301 e. The van der Waals surface area contributed by atoms with Crippen molar-refractivity contribution in [1.82, 2.24) is 19.2 Å². The molecule has 0 radical (unpaired) electrons. The molecular weight excluding hydrogens is 540 g/mol. The van der Waals surface area contributed by atoms with Crippen molar-refractivity contribution < 1.29 is 17.9 Å². The number of carbonyl (C=O) groups excluding carboxylic acids is 1. The third-order valence-electron chi connectivity index (χ3n) is 8.26. The predicted octanol–water partition coefficient (Wildman–Crippen LogP) is 4.41. The minimum Gasteiger partial charge on any atom is -0.476 e. The van der Waals surface area contributed by atoms with Crippen LogP contribution in [0.25, 0.3) is 22.0 Å². The summed E-state index contributed by atoms with van der Waals surface area (Å²) in [6, 6.07) is 7.73. The predicted molar refractivity (Wildman–Crippen MR) is 163 cm³/mol. The highest BCUT2D eigenvalue weighted by Gasteiger charge is 2.54. The Morgan fingerprint density at radius 1 is 1.05 bits per heavy atom. The number of hydrogen-bond acceptors (Lipinski definition) is 7. The molecule has 11 heteroatoms. The second kappa shape index (κ2) is 11.5. The number of anilines is 2. The van der Waals surface area contributed by atoms with Gasteiger partial charge < -0.3 is 14.5 Å². The number of carbonyl (C=O) groups is 1. The highest BCUT2D eigenvalue weighted by atomic mass is 32.2. The average molecular weight is 581 g/mol. The molecule has 1 amide bonds. The van der Waals surface area contributed by atoms with Crippen LogP contribution in [0.15, 0.2) is 36.7 Å². The number of amides is 1. The van der Waals surface area contributed by atoms with E-state index in [1.807, 2.05) is 46.3 Å². The van der Waals surface area contributed by atoms with Crippen LogP contribution in [-0.2, 0) is 20.4 Å². The summed E-state index contributed by atoms with van der Waals surface area (Å²) in [5.41, 5.74) is 4.15. The summed E-state index contributed by atoms with van der Waals surface area (Å²) in [6.45, 7) is 3.68. The number of ether oxygens (including phenoxy) is 1. The molecule has 1 aliphatic carbocycles. The number of nitrogens with one attached hydrogen (secondary N) is 1. The van der Waals surface area contributed by atoms with Gasteiger partial charge in [-0.1, -0.05) is 25.8 Å². The zero-order valence-electron chi connectivity index (χ0n) is 24.6. The second-order valence-electron chi connectivity index (χ2n) is 11.4. The van der Waals surface area contributed by atoms with Crippen LogP contribution in [0.2, 0.25) is 0 Å². The molecule has 0 unspecified atom stereocenters. The Hall–Kier alpha value is -3.28. The van der Waals surface area contributed by atoms with E-state index in [1.54, 1.807) is 30.4 Å². The van der Waals surface area contributed by atoms with Crippen LogP contribution in [0.3, 0.4) is 0 Å². The molecule has 220 valence electrons. The molecule has 3 aromatic rings. The number of unbranched alkanes of at least 4 members (excludes halogenated alkanes) is 1. The number of rotatable bonds is 12. The van der Waals surface area contributed by atoms with E-state index >= 15 is 0 Å². The molecule has 1 fully saturated rings. The lowest BCUT2D eigenvalue weighted by atomic mass is 9.64. The lowest BCUT2D eigenvalue weighted by Crippen LogP contribution is -2.43. The van der Waals surface area contributed by atoms with Crippen molar-refractivity contribution in [1.29, 1.82) is 0 Å². The molecule has 0 bridgehead atoms. The highest BCUT2D eigenvalue weighted by Crippen LogP contribution is 2.55. The van der Waals surface area contributed by atoms with Gasteiger partial charge in [0.15, 0.2) is 0 Å². The van der Waals surface area contributed by atoms with Gasteiger partial charge in [0.1, 0.15) is 5.69 Å². The first kappa shape index (κ1) is 29.2. The zero-order valence-corrected chi connectivity index (χ0v) is 25.4. The van der Waals surface area contributed by atoms with Crippen molar-refractivity contribution in [3.63, 3.8) is 0 Å². The molecule has 2 aliphatic rings. The Bertz CT molecular complexity index is 1550. The Morgan fingerprint density at radius 2 is 1.83 bits per heavy atom. The van der Waals surface area contributed by atoms with Crippen LogP contribution < -0.4 is 14.4 Å². The van der Waals surface area contributed by atoms with Gasteiger partial charge in [-0.05, 0) is 63.5 Å². The molecule has 1 aliphatic heterocycles. The van der Waals surface area contributed by atoms with Crippen LogP contribution in [0.4, 0.5) is 11.4 Å². The number of fused-ring (bicyclic) bond motifs is 4. The largest absolute Gasteiger partial charge is 0.476 e. The summed E-state index contributed by atoms with van der Waals surface area (Å²) < 4.78 is 36.3. The van der Waals surface area contributed by atoms with Crippen molar-refractivity contribution in [2.45, 2.75) is 50.9 Å². The minimum absolute atomic E-state index is 0.139. The topological polar surface area (TPSA) is 108 Å². The zero-order chi connectivity index (χ0) is 29.4. The summed E-state index contributed by atoms with van der Waals surface area (Å²) in [4.78, 5) is 26.2. The summed E-state index contributed by atoms with van der Waals surface area (Å²) in [5, 5.41) is 0.947.